The Kier molecular flexibility index (Phi) is 5.88. The summed E-state index contributed by atoms with van der Waals surface area (Å²) in [5.74, 6) is -1.26. The van der Waals surface area contributed by atoms with Gasteiger partial charge in [0, 0.05) is 9.26 Å². The van der Waals surface area contributed by atoms with Gasteiger partial charge >= 0.3 is 0 Å². The molecule has 0 aliphatic rings. The minimum Gasteiger partial charge on any atom is -0.322 e. The predicted molar refractivity (Wildman–Crippen MR) is 105 cm³/mol. The summed E-state index contributed by atoms with van der Waals surface area (Å²) in [4.78, 5) is 12.4. The molecule has 0 saturated carbocycles. The molecule has 0 atom stereocenters. The molecule has 0 saturated heterocycles. The van der Waals surface area contributed by atoms with Crippen LogP contribution in [0.3, 0.4) is 0 Å². The number of anilines is 1. The van der Waals surface area contributed by atoms with E-state index in [9.17, 15) is 17.6 Å². The molecule has 2 rings (SSSR count). The van der Waals surface area contributed by atoms with E-state index in [-0.39, 0.29) is 21.6 Å². The van der Waals surface area contributed by atoms with Crippen LogP contribution in [-0.2, 0) is 9.84 Å². The molecule has 7 heteroatoms. The van der Waals surface area contributed by atoms with E-state index >= 15 is 0 Å². The zero-order valence-electron chi connectivity index (χ0n) is 14.1. The summed E-state index contributed by atoms with van der Waals surface area (Å²) in [5.41, 5.74) is -0.177. The number of hydrogen-bond donors (Lipinski definition) is 1. The van der Waals surface area contributed by atoms with Crippen molar-refractivity contribution >= 4 is 44.0 Å². The Morgan fingerprint density at radius 3 is 2.44 bits per heavy atom. The van der Waals surface area contributed by atoms with E-state index in [0.717, 1.165) is 0 Å². The van der Waals surface area contributed by atoms with Crippen LogP contribution >= 0.6 is 22.6 Å². The van der Waals surface area contributed by atoms with Crippen molar-refractivity contribution < 1.29 is 17.6 Å². The van der Waals surface area contributed by atoms with Gasteiger partial charge in [0.15, 0.2) is 9.84 Å². The number of halogens is 2. The van der Waals surface area contributed by atoms with Crippen molar-refractivity contribution in [3.63, 3.8) is 0 Å². The highest BCUT2D eigenvalue weighted by Gasteiger charge is 2.24. The summed E-state index contributed by atoms with van der Waals surface area (Å²) in [5, 5.41) is 2.55. The van der Waals surface area contributed by atoms with Crippen molar-refractivity contribution in [1.29, 1.82) is 0 Å². The molecule has 0 unspecified atom stereocenters. The first kappa shape index (κ1) is 19.8. The SMILES string of the molecule is CC(C)(C)CS(=O)(=O)c1cccc(NC(=O)c2ccc(I)cc2F)c1. The standard InChI is InChI=1S/C18H19FINO3S/c1-18(2,3)11-25(23,24)14-6-4-5-13(10-14)21-17(22)15-8-7-12(20)9-16(15)19/h4-10H,11H2,1-3H3,(H,21,22). The molecular formula is C18H19FINO3S. The number of benzene rings is 2. The predicted octanol–water partition coefficient (Wildman–Crippen LogP) is 4.50. The van der Waals surface area contributed by atoms with E-state index in [1.54, 1.807) is 18.2 Å². The Morgan fingerprint density at radius 2 is 1.84 bits per heavy atom. The average molecular weight is 475 g/mol. The summed E-state index contributed by atoms with van der Waals surface area (Å²) in [7, 11) is -3.48. The van der Waals surface area contributed by atoms with Gasteiger partial charge in [-0.3, -0.25) is 4.79 Å². The van der Waals surface area contributed by atoms with E-state index < -0.39 is 21.6 Å². The van der Waals surface area contributed by atoms with Crippen LogP contribution in [0.2, 0.25) is 0 Å². The van der Waals surface area contributed by atoms with Crippen LogP contribution in [0.25, 0.3) is 0 Å². The van der Waals surface area contributed by atoms with Crippen molar-refractivity contribution in [2.45, 2.75) is 25.7 Å². The second-order valence-corrected chi connectivity index (χ2v) is 10.2. The van der Waals surface area contributed by atoms with E-state index in [4.69, 9.17) is 0 Å². The quantitative estimate of drug-likeness (QED) is 0.663. The van der Waals surface area contributed by atoms with Crippen molar-refractivity contribution in [2.24, 2.45) is 5.41 Å². The van der Waals surface area contributed by atoms with E-state index in [1.807, 2.05) is 43.4 Å². The topological polar surface area (TPSA) is 63.2 Å². The Bertz CT molecular complexity index is 905. The zero-order valence-corrected chi connectivity index (χ0v) is 17.1. The lowest BCUT2D eigenvalue weighted by molar-refractivity contribution is 0.102. The number of carbonyl (C=O) groups excluding carboxylic acids is 1. The van der Waals surface area contributed by atoms with Crippen LogP contribution in [0.15, 0.2) is 47.4 Å². The molecule has 0 spiro atoms. The third-order valence-electron chi connectivity index (χ3n) is 3.25. The molecule has 0 aliphatic carbocycles. The molecule has 0 bridgehead atoms. The summed E-state index contributed by atoms with van der Waals surface area (Å²) in [6, 6.07) is 10.3. The molecule has 134 valence electrons. The molecule has 0 radical (unpaired) electrons. The number of rotatable bonds is 4. The fourth-order valence-corrected chi connectivity index (χ4v) is 4.65. The first-order chi connectivity index (χ1) is 11.5. The van der Waals surface area contributed by atoms with Crippen molar-refractivity contribution in [3.05, 3.63) is 57.4 Å². The van der Waals surface area contributed by atoms with Crippen LogP contribution in [0.1, 0.15) is 31.1 Å². The lowest BCUT2D eigenvalue weighted by Crippen LogP contribution is -2.21. The summed E-state index contributed by atoms with van der Waals surface area (Å²) < 4.78 is 39.5. The van der Waals surface area contributed by atoms with Gasteiger partial charge in [0.2, 0.25) is 0 Å². The number of hydrogen-bond acceptors (Lipinski definition) is 3. The van der Waals surface area contributed by atoms with Gasteiger partial charge in [-0.25, -0.2) is 12.8 Å². The number of amides is 1. The molecule has 0 heterocycles. The number of sulfone groups is 1. The average Bonchev–Trinajstić information content (AvgIpc) is 2.44. The maximum absolute atomic E-state index is 13.9. The minimum absolute atomic E-state index is 0.0108. The van der Waals surface area contributed by atoms with Gasteiger partial charge < -0.3 is 5.32 Å². The number of nitrogens with one attached hydrogen (secondary N) is 1. The van der Waals surface area contributed by atoms with Crippen molar-refractivity contribution in [2.75, 3.05) is 11.1 Å². The molecule has 4 nitrogen and oxygen atoms in total. The molecular weight excluding hydrogens is 456 g/mol. The number of carbonyl (C=O) groups is 1. The Labute approximate surface area is 160 Å². The fraction of sp³-hybridized carbons (Fsp3) is 0.278. The lowest BCUT2D eigenvalue weighted by atomic mass is 10.0. The van der Waals surface area contributed by atoms with Crippen LogP contribution in [0.5, 0.6) is 0 Å². The van der Waals surface area contributed by atoms with E-state index in [0.29, 0.717) is 9.26 Å². The smallest absolute Gasteiger partial charge is 0.258 e. The van der Waals surface area contributed by atoms with Crippen molar-refractivity contribution in [1.82, 2.24) is 0 Å². The lowest BCUT2D eigenvalue weighted by Gasteiger charge is -2.18. The Morgan fingerprint density at radius 1 is 1.16 bits per heavy atom. The van der Waals surface area contributed by atoms with E-state index in [1.165, 1.54) is 24.3 Å². The Hall–Kier alpha value is -1.48. The highest BCUT2D eigenvalue weighted by Crippen LogP contribution is 2.24. The molecule has 2 aromatic rings. The summed E-state index contributed by atoms with van der Waals surface area (Å²) in [6.07, 6.45) is 0. The maximum atomic E-state index is 13.9. The van der Waals surface area contributed by atoms with Crippen molar-refractivity contribution in [3.8, 4) is 0 Å². The first-order valence-corrected chi connectivity index (χ1v) is 10.3. The highest BCUT2D eigenvalue weighted by molar-refractivity contribution is 14.1. The second kappa shape index (κ2) is 7.41. The van der Waals surface area contributed by atoms with Gasteiger partial charge in [-0.15, -0.1) is 0 Å². The second-order valence-electron chi connectivity index (χ2n) is 6.93. The molecule has 0 fully saturated rings. The maximum Gasteiger partial charge on any atom is 0.258 e. The fourth-order valence-electron chi connectivity index (χ4n) is 2.29. The molecule has 0 aliphatic heterocycles. The van der Waals surface area contributed by atoms with E-state index in [2.05, 4.69) is 5.32 Å². The molecule has 2 aromatic carbocycles. The minimum atomic E-state index is -3.48. The van der Waals surface area contributed by atoms with Gasteiger partial charge in [-0.2, -0.15) is 0 Å². The normalized spacial score (nSPS) is 12.0. The van der Waals surface area contributed by atoms with Gasteiger partial charge in [0.05, 0.1) is 16.2 Å². The van der Waals surface area contributed by atoms with Gasteiger partial charge in [-0.1, -0.05) is 26.8 Å². The van der Waals surface area contributed by atoms with Gasteiger partial charge in [0.25, 0.3) is 5.91 Å². The zero-order chi connectivity index (χ0) is 18.8. The van der Waals surface area contributed by atoms with Crippen LogP contribution in [0.4, 0.5) is 10.1 Å². The Balaban J connectivity index is 2.26. The molecule has 0 aromatic heterocycles. The molecule has 1 amide bonds. The summed E-state index contributed by atoms with van der Waals surface area (Å²) in [6.45, 7) is 5.53. The van der Waals surface area contributed by atoms with Gasteiger partial charge in [0.1, 0.15) is 5.82 Å². The first-order valence-electron chi connectivity index (χ1n) is 7.57. The molecule has 25 heavy (non-hydrogen) atoms. The highest BCUT2D eigenvalue weighted by atomic mass is 127. The monoisotopic (exact) mass is 475 g/mol. The van der Waals surface area contributed by atoms with Gasteiger partial charge in [-0.05, 0) is 64.4 Å². The third kappa shape index (κ3) is 5.50. The molecule has 1 N–H and O–H groups in total. The largest absolute Gasteiger partial charge is 0.322 e. The van der Waals surface area contributed by atoms with Crippen LogP contribution in [-0.4, -0.2) is 20.1 Å². The van der Waals surface area contributed by atoms with Crippen LogP contribution < -0.4 is 5.32 Å². The summed E-state index contributed by atoms with van der Waals surface area (Å²) >= 11 is 1.95. The third-order valence-corrected chi connectivity index (χ3v) is 6.14. The van der Waals surface area contributed by atoms with Crippen LogP contribution in [0, 0.1) is 14.8 Å².